The lowest BCUT2D eigenvalue weighted by atomic mass is 10.2. The van der Waals surface area contributed by atoms with E-state index < -0.39 is 11.6 Å². The molecule has 90 valence electrons. The van der Waals surface area contributed by atoms with Gasteiger partial charge in [-0.05, 0) is 18.6 Å². The van der Waals surface area contributed by atoms with Crippen LogP contribution >= 0.6 is 0 Å². The molecule has 0 fully saturated rings. The number of halogens is 2. The van der Waals surface area contributed by atoms with Gasteiger partial charge in [-0.25, -0.2) is 8.78 Å². The van der Waals surface area contributed by atoms with E-state index in [1.807, 2.05) is 0 Å². The first-order valence-electron chi connectivity index (χ1n) is 5.05. The van der Waals surface area contributed by atoms with Crippen molar-refractivity contribution in [2.45, 2.75) is 20.4 Å². The van der Waals surface area contributed by atoms with Crippen LogP contribution in [0, 0.1) is 25.5 Å². The van der Waals surface area contributed by atoms with Crippen LogP contribution in [-0.4, -0.2) is 10.1 Å². The highest BCUT2D eigenvalue weighted by atomic mass is 19.1. The maximum absolute atomic E-state index is 13.4. The molecule has 0 aliphatic carbocycles. The Kier molecular flexibility index (Phi) is 3.03. The first-order valence-corrected chi connectivity index (χ1v) is 5.05. The Morgan fingerprint density at radius 3 is 2.65 bits per heavy atom. The van der Waals surface area contributed by atoms with Crippen molar-refractivity contribution in [1.29, 1.82) is 0 Å². The van der Waals surface area contributed by atoms with Crippen LogP contribution in [0.15, 0.2) is 16.7 Å². The molecule has 0 bridgehead atoms. The summed E-state index contributed by atoms with van der Waals surface area (Å²) in [5.41, 5.74) is 0.346. The van der Waals surface area contributed by atoms with Crippen LogP contribution in [0.5, 0.6) is 0 Å². The van der Waals surface area contributed by atoms with Gasteiger partial charge in [0.2, 0.25) is 5.89 Å². The molecule has 0 saturated heterocycles. The number of aromatic nitrogens is 2. The Bertz CT molecular complexity index is 540. The second kappa shape index (κ2) is 4.48. The van der Waals surface area contributed by atoms with Crippen LogP contribution in [0.1, 0.15) is 17.3 Å². The standard InChI is InChI=1S/C11H11F2N3O/c1-6-3-9(13)10(4-8(6)12)14-5-11-15-7(2)17-16-11/h3-4,14H,5H2,1-2H3. The SMILES string of the molecule is Cc1nc(CNc2cc(F)c(C)cc2F)no1. The fourth-order valence-corrected chi connectivity index (χ4v) is 1.37. The molecule has 2 aromatic rings. The number of rotatable bonds is 3. The van der Waals surface area contributed by atoms with Gasteiger partial charge in [0.25, 0.3) is 0 Å². The molecule has 0 aliphatic heterocycles. The van der Waals surface area contributed by atoms with Gasteiger partial charge in [-0.2, -0.15) is 4.98 Å². The lowest BCUT2D eigenvalue weighted by molar-refractivity contribution is 0.388. The van der Waals surface area contributed by atoms with Gasteiger partial charge in [-0.15, -0.1) is 0 Å². The van der Waals surface area contributed by atoms with Crippen LogP contribution in [0.3, 0.4) is 0 Å². The van der Waals surface area contributed by atoms with Crippen molar-refractivity contribution in [2.24, 2.45) is 0 Å². The zero-order valence-electron chi connectivity index (χ0n) is 9.42. The molecular formula is C11H11F2N3O. The highest BCUT2D eigenvalue weighted by Gasteiger charge is 2.08. The van der Waals surface area contributed by atoms with Gasteiger partial charge in [0, 0.05) is 13.0 Å². The lowest BCUT2D eigenvalue weighted by Gasteiger charge is -2.06. The quantitative estimate of drug-likeness (QED) is 0.894. The van der Waals surface area contributed by atoms with Crippen molar-refractivity contribution < 1.29 is 13.3 Å². The summed E-state index contributed by atoms with van der Waals surface area (Å²) in [6, 6.07) is 2.25. The van der Waals surface area contributed by atoms with Crippen molar-refractivity contribution >= 4 is 5.69 Å². The number of anilines is 1. The van der Waals surface area contributed by atoms with Crippen molar-refractivity contribution in [3.63, 3.8) is 0 Å². The van der Waals surface area contributed by atoms with Gasteiger partial charge in [0.05, 0.1) is 12.2 Å². The minimum atomic E-state index is -0.510. The van der Waals surface area contributed by atoms with Gasteiger partial charge < -0.3 is 9.84 Å². The molecule has 1 heterocycles. The van der Waals surface area contributed by atoms with E-state index in [0.717, 1.165) is 12.1 Å². The van der Waals surface area contributed by atoms with Crippen LogP contribution in [0.2, 0.25) is 0 Å². The van der Waals surface area contributed by atoms with Gasteiger partial charge in [0.15, 0.2) is 5.82 Å². The summed E-state index contributed by atoms with van der Waals surface area (Å²) in [7, 11) is 0. The maximum atomic E-state index is 13.4. The molecule has 1 aromatic heterocycles. The fourth-order valence-electron chi connectivity index (χ4n) is 1.37. The molecule has 0 spiro atoms. The molecule has 0 unspecified atom stereocenters. The first kappa shape index (κ1) is 11.5. The highest BCUT2D eigenvalue weighted by Crippen LogP contribution is 2.19. The summed E-state index contributed by atoms with van der Waals surface area (Å²) in [5, 5.41) is 6.35. The van der Waals surface area contributed by atoms with E-state index >= 15 is 0 Å². The smallest absolute Gasteiger partial charge is 0.223 e. The van der Waals surface area contributed by atoms with Crippen molar-refractivity contribution in [2.75, 3.05) is 5.32 Å². The van der Waals surface area contributed by atoms with Crippen molar-refractivity contribution in [1.82, 2.24) is 10.1 Å². The third-order valence-corrected chi connectivity index (χ3v) is 2.25. The molecule has 1 aromatic carbocycles. The average Bonchev–Trinajstić information content (AvgIpc) is 2.68. The second-order valence-electron chi connectivity index (χ2n) is 3.66. The van der Waals surface area contributed by atoms with Crippen LogP contribution < -0.4 is 5.32 Å². The van der Waals surface area contributed by atoms with Crippen molar-refractivity contribution in [3.8, 4) is 0 Å². The van der Waals surface area contributed by atoms with E-state index in [4.69, 9.17) is 4.52 Å². The van der Waals surface area contributed by atoms with E-state index in [1.54, 1.807) is 6.92 Å². The summed E-state index contributed by atoms with van der Waals surface area (Å²) in [6.07, 6.45) is 0. The molecule has 0 saturated carbocycles. The second-order valence-corrected chi connectivity index (χ2v) is 3.66. The van der Waals surface area contributed by atoms with Crippen LogP contribution in [0.25, 0.3) is 0 Å². The Morgan fingerprint density at radius 1 is 1.24 bits per heavy atom. The number of benzene rings is 1. The molecular weight excluding hydrogens is 228 g/mol. The third kappa shape index (κ3) is 2.58. The Labute approximate surface area is 96.6 Å². The Hall–Kier alpha value is -1.98. The zero-order valence-corrected chi connectivity index (χ0v) is 9.42. The van der Waals surface area contributed by atoms with Gasteiger partial charge in [-0.3, -0.25) is 0 Å². The molecule has 0 radical (unpaired) electrons. The Balaban J connectivity index is 2.11. The molecule has 4 nitrogen and oxygen atoms in total. The number of hydrogen-bond acceptors (Lipinski definition) is 4. The average molecular weight is 239 g/mol. The summed E-state index contributed by atoms with van der Waals surface area (Å²) < 4.78 is 31.4. The minimum absolute atomic E-state index is 0.0792. The molecule has 6 heteroatoms. The largest absolute Gasteiger partial charge is 0.375 e. The predicted molar refractivity (Wildman–Crippen MR) is 57.5 cm³/mol. The maximum Gasteiger partial charge on any atom is 0.223 e. The monoisotopic (exact) mass is 239 g/mol. The fraction of sp³-hybridized carbons (Fsp3) is 0.273. The summed E-state index contributed by atoms with van der Waals surface area (Å²) in [6.45, 7) is 3.34. The molecule has 0 amide bonds. The molecule has 0 atom stereocenters. The first-order chi connectivity index (χ1) is 8.06. The number of nitrogens with one attached hydrogen (secondary N) is 1. The zero-order chi connectivity index (χ0) is 12.4. The summed E-state index contributed by atoms with van der Waals surface area (Å²) in [5.74, 6) is -0.150. The number of aryl methyl sites for hydroxylation is 2. The summed E-state index contributed by atoms with van der Waals surface area (Å²) >= 11 is 0. The normalized spacial score (nSPS) is 10.6. The van der Waals surface area contributed by atoms with Gasteiger partial charge >= 0.3 is 0 Å². The lowest BCUT2D eigenvalue weighted by Crippen LogP contribution is -2.04. The van der Waals surface area contributed by atoms with Crippen LogP contribution in [-0.2, 0) is 6.54 Å². The van der Waals surface area contributed by atoms with E-state index in [0.29, 0.717) is 11.7 Å². The predicted octanol–water partition coefficient (Wildman–Crippen LogP) is 2.58. The minimum Gasteiger partial charge on any atom is -0.375 e. The topological polar surface area (TPSA) is 51.0 Å². The Morgan fingerprint density at radius 2 is 2.00 bits per heavy atom. The molecule has 0 aliphatic rings. The molecule has 17 heavy (non-hydrogen) atoms. The van der Waals surface area contributed by atoms with Crippen molar-refractivity contribution in [3.05, 3.63) is 41.0 Å². The molecule has 1 N–H and O–H groups in total. The molecule has 2 rings (SSSR count). The van der Waals surface area contributed by atoms with E-state index in [1.165, 1.54) is 6.92 Å². The van der Waals surface area contributed by atoms with Crippen LogP contribution in [0.4, 0.5) is 14.5 Å². The third-order valence-electron chi connectivity index (χ3n) is 2.25. The summed E-state index contributed by atoms with van der Waals surface area (Å²) in [4.78, 5) is 3.94. The van der Waals surface area contributed by atoms with E-state index in [-0.39, 0.29) is 17.8 Å². The van der Waals surface area contributed by atoms with Gasteiger partial charge in [-0.1, -0.05) is 5.16 Å². The van der Waals surface area contributed by atoms with E-state index in [9.17, 15) is 8.78 Å². The van der Waals surface area contributed by atoms with E-state index in [2.05, 4.69) is 15.5 Å². The number of nitrogens with zero attached hydrogens (tertiary/aromatic N) is 2. The number of hydrogen-bond donors (Lipinski definition) is 1. The van der Waals surface area contributed by atoms with Gasteiger partial charge in [0.1, 0.15) is 11.6 Å². The highest BCUT2D eigenvalue weighted by molar-refractivity contribution is 5.46.